The number of pyridine rings is 1. The van der Waals surface area contributed by atoms with Crippen molar-refractivity contribution < 1.29 is 17.9 Å². The van der Waals surface area contributed by atoms with Crippen LogP contribution in [0.5, 0.6) is 5.75 Å². The Bertz CT molecular complexity index is 1170. The Hall–Kier alpha value is -2.82. The van der Waals surface area contributed by atoms with E-state index in [1.54, 1.807) is 24.2 Å². The molecule has 0 saturated carbocycles. The minimum Gasteiger partial charge on any atom is -0.489 e. The van der Waals surface area contributed by atoms with Crippen LogP contribution < -0.4 is 10.1 Å². The van der Waals surface area contributed by atoms with E-state index in [-0.39, 0.29) is 22.5 Å². The Morgan fingerprint density at radius 3 is 2.70 bits per heavy atom. The first-order valence-electron chi connectivity index (χ1n) is 10.6. The van der Waals surface area contributed by atoms with Gasteiger partial charge in [0.15, 0.2) is 0 Å². The number of hydrogen-bond donors (Lipinski definition) is 2. The average Bonchev–Trinajstić information content (AvgIpc) is 3.36. The molecular weight excluding hydrogens is 460 g/mol. The maximum absolute atomic E-state index is 12.8. The lowest BCUT2D eigenvalue weighted by molar-refractivity contribution is 0.0935. The Kier molecular flexibility index (Phi) is 7.36. The minimum absolute atomic E-state index is 0.113. The summed E-state index contributed by atoms with van der Waals surface area (Å²) in [4.78, 5) is 19.7. The fraction of sp³-hybridized carbons (Fsp3) is 0.304. The van der Waals surface area contributed by atoms with Crippen LogP contribution in [-0.4, -0.2) is 53.2 Å². The highest BCUT2D eigenvalue weighted by molar-refractivity contribution is 7.99. The first kappa shape index (κ1) is 23.3. The number of amides is 1. The average molecular weight is 487 g/mol. The number of rotatable bonds is 8. The zero-order valence-electron chi connectivity index (χ0n) is 18.2. The summed E-state index contributed by atoms with van der Waals surface area (Å²) in [5.41, 5.74) is 2.10. The summed E-state index contributed by atoms with van der Waals surface area (Å²) in [6.07, 6.45) is 4.86. The zero-order valence-corrected chi connectivity index (χ0v) is 19.9. The molecule has 33 heavy (non-hydrogen) atoms. The van der Waals surface area contributed by atoms with Crippen molar-refractivity contribution in [2.24, 2.45) is 0 Å². The van der Waals surface area contributed by atoms with Gasteiger partial charge in [0.1, 0.15) is 22.9 Å². The van der Waals surface area contributed by atoms with Gasteiger partial charge in [-0.05, 0) is 36.8 Å². The molecule has 2 N–H and O–H groups in total. The Morgan fingerprint density at radius 2 is 2.00 bits per heavy atom. The molecule has 1 unspecified atom stereocenters. The van der Waals surface area contributed by atoms with Crippen molar-refractivity contribution in [1.82, 2.24) is 19.6 Å². The van der Waals surface area contributed by atoms with E-state index >= 15 is 0 Å². The number of nitrogens with one attached hydrogen (secondary N) is 2. The van der Waals surface area contributed by atoms with Crippen LogP contribution in [0.4, 0.5) is 0 Å². The molecule has 1 fully saturated rings. The molecule has 1 aromatic carbocycles. The molecule has 0 aliphatic carbocycles. The van der Waals surface area contributed by atoms with E-state index in [1.165, 1.54) is 16.6 Å². The third kappa shape index (κ3) is 5.76. The molecule has 1 saturated heterocycles. The smallest absolute Gasteiger partial charge is 0.268 e. The van der Waals surface area contributed by atoms with Crippen LogP contribution >= 0.6 is 11.8 Å². The number of hydrogen-bond acceptors (Lipinski definition) is 6. The van der Waals surface area contributed by atoms with Crippen LogP contribution in [0.1, 0.15) is 34.6 Å². The third-order valence-corrected chi connectivity index (χ3v) is 8.18. The van der Waals surface area contributed by atoms with Gasteiger partial charge < -0.3 is 15.0 Å². The second kappa shape index (κ2) is 10.4. The van der Waals surface area contributed by atoms with Gasteiger partial charge in [-0.15, -0.1) is 0 Å². The lowest BCUT2D eigenvalue weighted by atomic mass is 10.1. The van der Waals surface area contributed by atoms with E-state index < -0.39 is 10.0 Å². The van der Waals surface area contributed by atoms with Crippen molar-refractivity contribution in [1.29, 1.82) is 0 Å². The first-order valence-corrected chi connectivity index (χ1v) is 13.2. The maximum atomic E-state index is 12.8. The second-order valence-electron chi connectivity index (χ2n) is 7.68. The van der Waals surface area contributed by atoms with Crippen molar-refractivity contribution in [2.75, 3.05) is 24.6 Å². The number of benzene rings is 1. The van der Waals surface area contributed by atoms with Gasteiger partial charge in [0.05, 0.1) is 6.04 Å². The maximum Gasteiger partial charge on any atom is 0.268 e. The Balaban J connectivity index is 1.34. The van der Waals surface area contributed by atoms with E-state index in [9.17, 15) is 13.2 Å². The highest BCUT2D eigenvalue weighted by Crippen LogP contribution is 2.22. The van der Waals surface area contributed by atoms with Crippen LogP contribution in [0.3, 0.4) is 0 Å². The van der Waals surface area contributed by atoms with Crippen LogP contribution in [0.2, 0.25) is 0 Å². The molecule has 4 rings (SSSR count). The molecule has 0 radical (unpaired) electrons. The highest BCUT2D eigenvalue weighted by atomic mass is 32.2. The number of aromatic amines is 1. The monoisotopic (exact) mass is 486 g/mol. The van der Waals surface area contributed by atoms with Gasteiger partial charge in [0, 0.05) is 48.7 Å². The molecule has 8 nitrogen and oxygen atoms in total. The van der Waals surface area contributed by atoms with Crippen LogP contribution in [-0.2, 0) is 16.6 Å². The van der Waals surface area contributed by atoms with Gasteiger partial charge in [-0.25, -0.2) is 8.42 Å². The molecule has 174 valence electrons. The van der Waals surface area contributed by atoms with Crippen LogP contribution in [0.15, 0.2) is 66.0 Å². The first-order chi connectivity index (χ1) is 15.9. The molecule has 1 aliphatic rings. The van der Waals surface area contributed by atoms with E-state index in [4.69, 9.17) is 4.74 Å². The quantitative estimate of drug-likeness (QED) is 0.507. The second-order valence-corrected chi connectivity index (χ2v) is 10.8. The largest absolute Gasteiger partial charge is 0.489 e. The number of thioether (sulfide) groups is 1. The predicted octanol–water partition coefficient (Wildman–Crippen LogP) is 3.22. The number of nitrogens with zero attached hydrogens (tertiary/aromatic N) is 2. The highest BCUT2D eigenvalue weighted by Gasteiger charge is 2.28. The number of H-pyrrole nitrogens is 1. The topological polar surface area (TPSA) is 104 Å². The standard InChI is InChI=1S/C23H26N4O4S2/c1-17(19-4-6-20(7-5-19)31-16-18-3-2-8-24-14-18)26-23(28)22-13-21(15-25-22)33(29,30)27-9-11-32-12-10-27/h2-8,13-15,17,25H,9-12,16H2,1H3,(H,26,28). The van der Waals surface area contributed by atoms with E-state index in [1.807, 2.05) is 43.3 Å². The summed E-state index contributed by atoms with van der Waals surface area (Å²) in [5.74, 6) is 1.91. The molecule has 1 atom stereocenters. The van der Waals surface area contributed by atoms with E-state index in [0.717, 1.165) is 28.4 Å². The van der Waals surface area contributed by atoms with Gasteiger partial charge in [0.25, 0.3) is 5.91 Å². The van der Waals surface area contributed by atoms with Crippen molar-refractivity contribution in [3.05, 3.63) is 77.9 Å². The Morgan fingerprint density at radius 1 is 1.24 bits per heavy atom. The van der Waals surface area contributed by atoms with Crippen molar-refractivity contribution in [2.45, 2.75) is 24.5 Å². The normalized spacial score (nSPS) is 15.7. The zero-order chi connectivity index (χ0) is 23.3. The van der Waals surface area contributed by atoms with Crippen LogP contribution in [0.25, 0.3) is 0 Å². The number of sulfonamides is 1. The van der Waals surface area contributed by atoms with E-state index in [2.05, 4.69) is 15.3 Å². The predicted molar refractivity (Wildman–Crippen MR) is 128 cm³/mol. The Labute approximate surface area is 197 Å². The molecule has 1 aliphatic heterocycles. The van der Waals surface area contributed by atoms with Gasteiger partial charge in [0.2, 0.25) is 10.0 Å². The van der Waals surface area contributed by atoms with Gasteiger partial charge in [-0.1, -0.05) is 18.2 Å². The number of carbonyl (C=O) groups excluding carboxylic acids is 1. The summed E-state index contributed by atoms with van der Waals surface area (Å²) >= 11 is 1.74. The molecule has 1 amide bonds. The summed E-state index contributed by atoms with van der Waals surface area (Å²) in [6.45, 7) is 3.26. The summed E-state index contributed by atoms with van der Waals surface area (Å²) in [6, 6.07) is 12.4. The minimum atomic E-state index is -3.59. The SMILES string of the molecule is CC(NC(=O)c1cc(S(=O)(=O)N2CCSCC2)c[nH]1)c1ccc(OCc2cccnc2)cc1. The number of aromatic nitrogens is 2. The van der Waals surface area contributed by atoms with Crippen molar-refractivity contribution in [3.63, 3.8) is 0 Å². The van der Waals surface area contributed by atoms with Gasteiger partial charge >= 0.3 is 0 Å². The molecule has 3 aromatic rings. The fourth-order valence-corrected chi connectivity index (χ4v) is 6.02. The van der Waals surface area contributed by atoms with Crippen molar-refractivity contribution in [3.8, 4) is 5.75 Å². The number of carbonyl (C=O) groups is 1. The molecular formula is C23H26N4O4S2. The van der Waals surface area contributed by atoms with E-state index in [0.29, 0.717) is 19.7 Å². The summed E-state index contributed by atoms with van der Waals surface area (Å²) < 4.78 is 32.8. The fourth-order valence-electron chi connectivity index (χ4n) is 3.45. The molecule has 10 heteroatoms. The molecule has 2 aromatic heterocycles. The number of ether oxygens (including phenoxy) is 1. The van der Waals surface area contributed by atoms with Gasteiger partial charge in [-0.3, -0.25) is 9.78 Å². The lowest BCUT2D eigenvalue weighted by Crippen LogP contribution is -2.37. The van der Waals surface area contributed by atoms with Crippen molar-refractivity contribution >= 4 is 27.7 Å². The van der Waals surface area contributed by atoms with Gasteiger partial charge in [-0.2, -0.15) is 16.1 Å². The summed E-state index contributed by atoms with van der Waals surface area (Å²) in [7, 11) is -3.59. The lowest BCUT2D eigenvalue weighted by Gasteiger charge is -2.24. The molecule has 3 heterocycles. The summed E-state index contributed by atoms with van der Waals surface area (Å²) in [5, 5.41) is 2.90. The third-order valence-electron chi connectivity index (χ3n) is 5.36. The van der Waals surface area contributed by atoms with Crippen LogP contribution in [0, 0.1) is 0 Å². The molecule has 0 spiro atoms. The molecule has 0 bridgehead atoms.